The van der Waals surface area contributed by atoms with Gasteiger partial charge in [0.1, 0.15) is 0 Å². The van der Waals surface area contributed by atoms with E-state index in [0.29, 0.717) is 6.61 Å². The van der Waals surface area contributed by atoms with E-state index in [1.54, 1.807) is 0 Å². The summed E-state index contributed by atoms with van der Waals surface area (Å²) in [5, 5.41) is 12.0. The van der Waals surface area contributed by atoms with Gasteiger partial charge in [-0.1, -0.05) is 27.2 Å². The van der Waals surface area contributed by atoms with Crippen molar-refractivity contribution in [2.45, 2.75) is 33.6 Å². The molecule has 0 aromatic rings. The van der Waals surface area contributed by atoms with E-state index in [9.17, 15) is 0 Å². The average Bonchev–Trinajstić information content (AvgIpc) is 1.93. The Morgan fingerprint density at radius 2 is 1.38 bits per heavy atom. The fourth-order valence-corrected chi connectivity index (χ4v) is 0.382. The van der Waals surface area contributed by atoms with Crippen molar-refractivity contribution in [1.82, 2.24) is 0 Å². The monoisotopic (exact) mass is 266 g/mol. The van der Waals surface area contributed by atoms with Crippen LogP contribution in [0.3, 0.4) is 0 Å². The first-order chi connectivity index (χ1) is 4.83. The summed E-state index contributed by atoms with van der Waals surface area (Å²) in [5.41, 5.74) is 0. The van der Waals surface area contributed by atoms with Crippen molar-refractivity contribution in [2.75, 3.05) is 19.7 Å². The molecule has 0 heterocycles. The van der Waals surface area contributed by atoms with Crippen LogP contribution in [0.2, 0.25) is 0 Å². The summed E-state index contributed by atoms with van der Waals surface area (Å²) in [5.74, 6) is 0. The molecule has 0 atom stereocenters. The van der Waals surface area contributed by atoms with Gasteiger partial charge in [-0.3, -0.25) is 0 Å². The van der Waals surface area contributed by atoms with Crippen LogP contribution in [0, 0.1) is 0 Å². The maximum atomic E-state index is 8.07. The second kappa shape index (κ2) is 37.9. The standard InChI is InChI=1S/C4H10N.C4H10O.2ClH.Ti/c1-3-5-4-2;1-2-3-4-5;;;/h3-4H2,1-2H3;5H,2-4H2,1H3;2*1H;/q-1;;;;. The fraction of sp³-hybridized carbons (Fsp3) is 1.00. The first-order valence-electron chi connectivity index (χ1n) is 4.07. The van der Waals surface area contributed by atoms with Gasteiger partial charge in [0.2, 0.25) is 0 Å². The van der Waals surface area contributed by atoms with Gasteiger partial charge in [0.15, 0.2) is 0 Å². The summed E-state index contributed by atoms with van der Waals surface area (Å²) < 4.78 is 0. The summed E-state index contributed by atoms with van der Waals surface area (Å²) in [6.07, 6.45) is 2.04. The molecule has 0 unspecified atom stereocenters. The molecule has 0 rings (SSSR count). The minimum Gasteiger partial charge on any atom is -0.663 e. The second-order valence-electron chi connectivity index (χ2n) is 1.93. The Morgan fingerprint density at radius 3 is 1.38 bits per heavy atom. The predicted octanol–water partition coefficient (Wildman–Crippen LogP) is 3.02. The molecule has 0 aromatic heterocycles. The second-order valence-corrected chi connectivity index (χ2v) is 1.93. The Bertz CT molecular complexity index is 43.1. The van der Waals surface area contributed by atoms with Gasteiger partial charge in [0.25, 0.3) is 0 Å². The van der Waals surface area contributed by atoms with Gasteiger partial charge in [-0.25, -0.2) is 0 Å². The summed E-state index contributed by atoms with van der Waals surface area (Å²) in [6.45, 7) is 8.42. The summed E-state index contributed by atoms with van der Waals surface area (Å²) in [6, 6.07) is 0. The van der Waals surface area contributed by atoms with Crippen LogP contribution in [0.4, 0.5) is 0 Å². The molecule has 0 radical (unpaired) electrons. The van der Waals surface area contributed by atoms with Gasteiger partial charge in [-0.2, -0.15) is 13.1 Å². The van der Waals surface area contributed by atoms with Gasteiger partial charge in [0, 0.05) is 28.3 Å². The van der Waals surface area contributed by atoms with Gasteiger partial charge in [-0.05, 0) is 6.42 Å². The molecule has 2 nitrogen and oxygen atoms in total. The molecule has 0 fully saturated rings. The third-order valence-corrected chi connectivity index (χ3v) is 0.959. The molecule has 0 saturated heterocycles. The van der Waals surface area contributed by atoms with Crippen molar-refractivity contribution in [3.05, 3.63) is 5.32 Å². The molecule has 84 valence electrons. The van der Waals surface area contributed by atoms with Crippen molar-refractivity contribution in [2.24, 2.45) is 0 Å². The van der Waals surface area contributed by atoms with Crippen molar-refractivity contribution >= 4 is 24.8 Å². The zero-order valence-electron chi connectivity index (χ0n) is 8.75. The Morgan fingerprint density at radius 1 is 1.00 bits per heavy atom. The molecular formula is C8H22Cl2NOTi-. The zero-order chi connectivity index (χ0) is 8.24. The van der Waals surface area contributed by atoms with Crippen LogP contribution in [0.25, 0.3) is 5.32 Å². The maximum Gasteiger partial charge on any atom is 0.0430 e. The Hall–Kier alpha value is 1.21. The van der Waals surface area contributed by atoms with Crippen LogP contribution in [-0.4, -0.2) is 24.8 Å². The molecule has 0 aliphatic heterocycles. The number of rotatable bonds is 4. The molecule has 0 spiro atoms. The molecule has 0 aliphatic rings. The molecule has 0 aromatic carbocycles. The van der Waals surface area contributed by atoms with E-state index in [2.05, 4.69) is 12.2 Å². The molecule has 0 aliphatic carbocycles. The number of aliphatic hydroxyl groups is 1. The van der Waals surface area contributed by atoms with Crippen LogP contribution in [-0.2, 0) is 21.7 Å². The topological polar surface area (TPSA) is 34.3 Å². The third-order valence-electron chi connectivity index (χ3n) is 0.959. The number of unbranched alkanes of at least 4 members (excludes halogenated alkanes) is 1. The summed E-state index contributed by atoms with van der Waals surface area (Å²) in [4.78, 5) is 0. The predicted molar refractivity (Wildman–Crippen MR) is 60.9 cm³/mol. The fourth-order valence-electron chi connectivity index (χ4n) is 0.382. The summed E-state index contributed by atoms with van der Waals surface area (Å²) in [7, 11) is 0. The smallest absolute Gasteiger partial charge is 0.0430 e. The van der Waals surface area contributed by atoms with Gasteiger partial charge < -0.3 is 10.4 Å². The average molecular weight is 267 g/mol. The molecular weight excluding hydrogens is 245 g/mol. The van der Waals surface area contributed by atoms with Crippen LogP contribution < -0.4 is 0 Å². The van der Waals surface area contributed by atoms with Crippen LogP contribution in [0.15, 0.2) is 0 Å². The molecule has 5 heteroatoms. The first kappa shape index (κ1) is 29.2. The van der Waals surface area contributed by atoms with Crippen LogP contribution >= 0.6 is 24.8 Å². The first-order valence-corrected chi connectivity index (χ1v) is 4.07. The van der Waals surface area contributed by atoms with Gasteiger partial charge in [0.05, 0.1) is 0 Å². The largest absolute Gasteiger partial charge is 0.663 e. The molecule has 13 heavy (non-hydrogen) atoms. The van der Waals surface area contributed by atoms with Crippen molar-refractivity contribution < 1.29 is 26.8 Å². The van der Waals surface area contributed by atoms with E-state index in [-0.39, 0.29) is 46.5 Å². The summed E-state index contributed by atoms with van der Waals surface area (Å²) >= 11 is 0. The minimum absolute atomic E-state index is 0. The third kappa shape index (κ3) is 61.1. The number of halogens is 2. The van der Waals surface area contributed by atoms with E-state index in [4.69, 9.17) is 5.11 Å². The normalized spacial score (nSPS) is 6.46. The van der Waals surface area contributed by atoms with E-state index >= 15 is 0 Å². The Balaban J connectivity index is -0.0000000267. The van der Waals surface area contributed by atoms with Crippen molar-refractivity contribution in [3.63, 3.8) is 0 Å². The Kier molecular flexibility index (Phi) is 85.2. The number of hydrogen-bond donors (Lipinski definition) is 1. The van der Waals surface area contributed by atoms with E-state index in [0.717, 1.165) is 25.9 Å². The SMILES string of the molecule is CCCCO.CC[N-]CC.Cl.Cl.[Ti]. The van der Waals surface area contributed by atoms with Gasteiger partial charge in [-0.15, -0.1) is 24.8 Å². The molecule has 0 amide bonds. The van der Waals surface area contributed by atoms with E-state index in [1.165, 1.54) is 0 Å². The van der Waals surface area contributed by atoms with Gasteiger partial charge >= 0.3 is 0 Å². The molecule has 0 saturated carbocycles. The van der Waals surface area contributed by atoms with Crippen LogP contribution in [0.1, 0.15) is 33.6 Å². The Labute approximate surface area is 110 Å². The minimum atomic E-state index is 0. The van der Waals surface area contributed by atoms with Crippen LogP contribution in [0.5, 0.6) is 0 Å². The quantitative estimate of drug-likeness (QED) is 0.780. The molecule has 1 N–H and O–H groups in total. The maximum absolute atomic E-state index is 8.07. The zero-order valence-corrected chi connectivity index (χ0v) is 11.9. The van der Waals surface area contributed by atoms with E-state index < -0.39 is 0 Å². The van der Waals surface area contributed by atoms with Crippen molar-refractivity contribution in [3.8, 4) is 0 Å². The van der Waals surface area contributed by atoms with E-state index in [1.807, 2.05) is 13.8 Å². The number of nitrogens with zero attached hydrogens (tertiary/aromatic N) is 1. The molecule has 0 bridgehead atoms. The van der Waals surface area contributed by atoms with Crippen molar-refractivity contribution in [1.29, 1.82) is 0 Å². The number of hydrogen-bond acceptors (Lipinski definition) is 1. The number of aliphatic hydroxyl groups excluding tert-OH is 1.